The number of allylic oxidation sites excluding steroid dienone is 1. The number of nitrogens with one attached hydrogen (secondary N) is 1. The molecule has 2 aliphatic rings. The highest BCUT2D eigenvalue weighted by Crippen LogP contribution is 2.30. The summed E-state index contributed by atoms with van der Waals surface area (Å²) < 4.78 is 0. The summed E-state index contributed by atoms with van der Waals surface area (Å²) in [5.74, 6) is 1.68. The molecule has 1 N–H and O–H groups in total. The highest BCUT2D eigenvalue weighted by atomic mass is 16.1. The van der Waals surface area contributed by atoms with Crippen molar-refractivity contribution in [3.63, 3.8) is 0 Å². The van der Waals surface area contributed by atoms with Crippen molar-refractivity contribution in [2.75, 3.05) is 26.2 Å². The number of amides is 1. The molecule has 0 unspecified atom stereocenters. The Kier molecular flexibility index (Phi) is 4.21. The normalized spacial score (nSPS) is 31.6. The van der Waals surface area contributed by atoms with Gasteiger partial charge in [0.25, 0.3) is 0 Å². The van der Waals surface area contributed by atoms with Crippen molar-refractivity contribution in [3.8, 4) is 0 Å². The molecule has 0 aromatic carbocycles. The molecule has 0 saturated carbocycles. The second kappa shape index (κ2) is 5.67. The minimum absolute atomic E-state index is 0.205. The van der Waals surface area contributed by atoms with Crippen LogP contribution in [0.3, 0.4) is 0 Å². The molecule has 17 heavy (non-hydrogen) atoms. The Morgan fingerprint density at radius 1 is 1.47 bits per heavy atom. The number of carbonyl (C=O) groups is 1. The molecule has 1 amide bonds. The van der Waals surface area contributed by atoms with E-state index in [2.05, 4.69) is 30.1 Å². The number of nitrogens with zero attached hydrogens (tertiary/aromatic N) is 1. The quantitative estimate of drug-likeness (QED) is 0.742. The maximum absolute atomic E-state index is 11.3. The van der Waals surface area contributed by atoms with Gasteiger partial charge >= 0.3 is 0 Å². The van der Waals surface area contributed by atoms with Crippen LogP contribution in [0.15, 0.2) is 11.6 Å². The Labute approximate surface area is 104 Å². The third-order valence-corrected chi connectivity index (χ3v) is 4.22. The maximum Gasteiger partial charge on any atom is 0.221 e. The molecule has 1 aliphatic heterocycles. The zero-order chi connectivity index (χ0) is 12.3. The van der Waals surface area contributed by atoms with Gasteiger partial charge in [0.1, 0.15) is 0 Å². The Bertz CT molecular complexity index is 311. The highest BCUT2D eigenvalue weighted by molar-refractivity contribution is 5.76. The number of rotatable bonds is 2. The topological polar surface area (TPSA) is 32.3 Å². The van der Waals surface area contributed by atoms with Crippen LogP contribution in [0.1, 0.15) is 33.1 Å². The fourth-order valence-electron chi connectivity index (χ4n) is 2.97. The molecular formula is C14H24N2O. The maximum atomic E-state index is 11.3. The predicted molar refractivity (Wildman–Crippen MR) is 69.7 cm³/mol. The SMILES string of the molecule is CC1=CCC[C@@H](C)[C@H]1CN1CCNC(=O)CC1. The van der Waals surface area contributed by atoms with Crippen molar-refractivity contribution in [2.24, 2.45) is 11.8 Å². The van der Waals surface area contributed by atoms with Gasteiger partial charge in [0.15, 0.2) is 0 Å². The summed E-state index contributed by atoms with van der Waals surface area (Å²) in [4.78, 5) is 13.7. The Hall–Kier alpha value is -0.830. The van der Waals surface area contributed by atoms with Gasteiger partial charge < -0.3 is 10.2 Å². The number of hydrogen-bond donors (Lipinski definition) is 1. The Balaban J connectivity index is 1.92. The first kappa shape index (κ1) is 12.6. The molecule has 0 spiro atoms. The largest absolute Gasteiger partial charge is 0.355 e. The van der Waals surface area contributed by atoms with Gasteiger partial charge in [-0.1, -0.05) is 18.6 Å². The molecule has 1 aliphatic carbocycles. The molecule has 3 heteroatoms. The fraction of sp³-hybridized carbons (Fsp3) is 0.786. The van der Waals surface area contributed by atoms with Crippen LogP contribution in [0.4, 0.5) is 0 Å². The summed E-state index contributed by atoms with van der Waals surface area (Å²) in [5.41, 5.74) is 1.55. The minimum atomic E-state index is 0.205. The molecule has 2 rings (SSSR count). The van der Waals surface area contributed by atoms with E-state index in [-0.39, 0.29) is 5.91 Å². The molecule has 3 nitrogen and oxygen atoms in total. The molecular weight excluding hydrogens is 212 g/mol. The third-order valence-electron chi connectivity index (χ3n) is 4.22. The average molecular weight is 236 g/mol. The molecule has 1 saturated heterocycles. The van der Waals surface area contributed by atoms with E-state index in [9.17, 15) is 4.79 Å². The van der Waals surface area contributed by atoms with Crippen LogP contribution in [0.2, 0.25) is 0 Å². The molecule has 96 valence electrons. The average Bonchev–Trinajstić information content (AvgIpc) is 2.49. The second-order valence-electron chi connectivity index (χ2n) is 5.51. The van der Waals surface area contributed by atoms with Crippen LogP contribution in [0, 0.1) is 11.8 Å². The van der Waals surface area contributed by atoms with Crippen molar-refractivity contribution in [3.05, 3.63) is 11.6 Å². The van der Waals surface area contributed by atoms with E-state index >= 15 is 0 Å². The van der Waals surface area contributed by atoms with Crippen LogP contribution in [-0.2, 0) is 4.79 Å². The zero-order valence-corrected chi connectivity index (χ0v) is 11.0. The van der Waals surface area contributed by atoms with Crippen LogP contribution >= 0.6 is 0 Å². The third kappa shape index (κ3) is 3.32. The van der Waals surface area contributed by atoms with Gasteiger partial charge in [0, 0.05) is 32.6 Å². The highest BCUT2D eigenvalue weighted by Gasteiger charge is 2.25. The van der Waals surface area contributed by atoms with Crippen molar-refractivity contribution in [1.82, 2.24) is 10.2 Å². The molecule has 0 radical (unpaired) electrons. The molecule has 0 bridgehead atoms. The van der Waals surface area contributed by atoms with Gasteiger partial charge in [0.2, 0.25) is 5.91 Å². The van der Waals surface area contributed by atoms with Gasteiger partial charge in [-0.25, -0.2) is 0 Å². The van der Waals surface area contributed by atoms with E-state index in [1.165, 1.54) is 12.8 Å². The van der Waals surface area contributed by atoms with Crippen molar-refractivity contribution >= 4 is 5.91 Å². The summed E-state index contributed by atoms with van der Waals surface area (Å²) in [6.07, 6.45) is 5.60. The predicted octanol–water partition coefficient (Wildman–Crippen LogP) is 1.80. The first-order chi connectivity index (χ1) is 8.16. The number of hydrogen-bond acceptors (Lipinski definition) is 2. The summed E-state index contributed by atoms with van der Waals surface area (Å²) in [5, 5.41) is 2.94. The van der Waals surface area contributed by atoms with E-state index in [0.717, 1.165) is 32.1 Å². The summed E-state index contributed by atoms with van der Waals surface area (Å²) in [7, 11) is 0. The first-order valence-electron chi connectivity index (χ1n) is 6.82. The zero-order valence-electron chi connectivity index (χ0n) is 11.0. The van der Waals surface area contributed by atoms with E-state index < -0.39 is 0 Å². The minimum Gasteiger partial charge on any atom is -0.355 e. The van der Waals surface area contributed by atoms with E-state index in [4.69, 9.17) is 0 Å². The lowest BCUT2D eigenvalue weighted by molar-refractivity contribution is -0.120. The lowest BCUT2D eigenvalue weighted by Gasteiger charge is -2.33. The van der Waals surface area contributed by atoms with Crippen molar-refractivity contribution < 1.29 is 4.79 Å². The molecule has 1 fully saturated rings. The standard InChI is InChI=1S/C14H24N2O/c1-11-4-3-5-12(2)13(11)10-16-8-6-14(17)15-7-9-16/h4,12-13H,3,5-10H2,1-2H3,(H,15,17)/t12-,13+/m1/s1. The number of carbonyl (C=O) groups excluding carboxylic acids is 1. The lowest BCUT2D eigenvalue weighted by Crippen LogP contribution is -2.36. The van der Waals surface area contributed by atoms with Gasteiger partial charge in [-0.05, 0) is 31.6 Å². The Morgan fingerprint density at radius 2 is 2.29 bits per heavy atom. The van der Waals surface area contributed by atoms with Crippen LogP contribution in [0.25, 0.3) is 0 Å². The van der Waals surface area contributed by atoms with Crippen LogP contribution < -0.4 is 5.32 Å². The second-order valence-corrected chi connectivity index (χ2v) is 5.51. The van der Waals surface area contributed by atoms with Gasteiger partial charge in [-0.3, -0.25) is 4.79 Å². The fourth-order valence-corrected chi connectivity index (χ4v) is 2.97. The molecule has 0 aromatic heterocycles. The lowest BCUT2D eigenvalue weighted by atomic mass is 9.80. The van der Waals surface area contributed by atoms with Crippen molar-refractivity contribution in [1.29, 1.82) is 0 Å². The van der Waals surface area contributed by atoms with Gasteiger partial charge in [-0.2, -0.15) is 0 Å². The Morgan fingerprint density at radius 3 is 3.06 bits per heavy atom. The first-order valence-corrected chi connectivity index (χ1v) is 6.82. The summed E-state index contributed by atoms with van der Waals surface area (Å²) >= 11 is 0. The van der Waals surface area contributed by atoms with Gasteiger partial charge in [-0.15, -0.1) is 0 Å². The van der Waals surface area contributed by atoms with Gasteiger partial charge in [0.05, 0.1) is 0 Å². The summed E-state index contributed by atoms with van der Waals surface area (Å²) in [6, 6.07) is 0. The summed E-state index contributed by atoms with van der Waals surface area (Å²) in [6.45, 7) is 8.48. The smallest absolute Gasteiger partial charge is 0.221 e. The van der Waals surface area contributed by atoms with Crippen molar-refractivity contribution in [2.45, 2.75) is 33.1 Å². The van der Waals surface area contributed by atoms with E-state index in [0.29, 0.717) is 12.3 Å². The molecule has 0 aromatic rings. The van der Waals surface area contributed by atoms with E-state index in [1.807, 2.05) is 0 Å². The van der Waals surface area contributed by atoms with Crippen LogP contribution in [-0.4, -0.2) is 37.0 Å². The van der Waals surface area contributed by atoms with Crippen LogP contribution in [0.5, 0.6) is 0 Å². The molecule has 2 atom stereocenters. The monoisotopic (exact) mass is 236 g/mol. The van der Waals surface area contributed by atoms with E-state index in [1.54, 1.807) is 5.57 Å². The molecule has 1 heterocycles.